The van der Waals surface area contributed by atoms with Gasteiger partial charge in [0.1, 0.15) is 11.1 Å². The molecular weight excluding hydrogens is 416 g/mol. The van der Waals surface area contributed by atoms with E-state index in [0.29, 0.717) is 23.5 Å². The van der Waals surface area contributed by atoms with Gasteiger partial charge in [0.15, 0.2) is 5.69 Å². The first-order valence-corrected chi connectivity index (χ1v) is 10.4. The van der Waals surface area contributed by atoms with Gasteiger partial charge in [-0.2, -0.15) is 0 Å². The van der Waals surface area contributed by atoms with Crippen molar-refractivity contribution in [3.05, 3.63) is 72.1 Å². The second-order valence-corrected chi connectivity index (χ2v) is 7.59. The summed E-state index contributed by atoms with van der Waals surface area (Å²) < 4.78 is 12.3. The summed E-state index contributed by atoms with van der Waals surface area (Å²) in [7, 11) is 1.59. The Labute approximate surface area is 186 Å². The molecular formula is C24H25ClN2O4. The van der Waals surface area contributed by atoms with E-state index in [1.54, 1.807) is 25.5 Å². The van der Waals surface area contributed by atoms with Crippen molar-refractivity contribution in [3.8, 4) is 16.9 Å². The highest BCUT2D eigenvalue weighted by Gasteiger charge is 2.26. The highest BCUT2D eigenvalue weighted by Crippen LogP contribution is 2.35. The highest BCUT2D eigenvalue weighted by molar-refractivity contribution is 6.32. The van der Waals surface area contributed by atoms with E-state index >= 15 is 0 Å². The molecule has 3 rings (SSSR count). The number of amides is 1. The van der Waals surface area contributed by atoms with Crippen LogP contribution in [0.25, 0.3) is 11.1 Å². The van der Waals surface area contributed by atoms with Crippen molar-refractivity contribution < 1.29 is 19.1 Å². The monoisotopic (exact) mass is 440 g/mol. The number of hydrogen-bond acceptors (Lipinski definition) is 4. The predicted molar refractivity (Wildman–Crippen MR) is 122 cm³/mol. The lowest BCUT2D eigenvalue weighted by atomic mass is 10.1. The van der Waals surface area contributed by atoms with Crippen molar-refractivity contribution in [1.29, 1.82) is 0 Å². The van der Waals surface area contributed by atoms with Gasteiger partial charge in [0.2, 0.25) is 5.91 Å². The number of hydrogen-bond donors (Lipinski definition) is 1. The minimum absolute atomic E-state index is 0.215. The highest BCUT2D eigenvalue weighted by atomic mass is 35.5. The van der Waals surface area contributed by atoms with Crippen LogP contribution in [0.2, 0.25) is 0 Å². The molecule has 1 N–H and O–H groups in total. The van der Waals surface area contributed by atoms with Crippen LogP contribution in [0.1, 0.15) is 29.9 Å². The van der Waals surface area contributed by atoms with Crippen molar-refractivity contribution in [2.75, 3.05) is 19.0 Å². The molecule has 0 spiro atoms. The van der Waals surface area contributed by atoms with Crippen molar-refractivity contribution in [2.24, 2.45) is 0 Å². The van der Waals surface area contributed by atoms with E-state index in [-0.39, 0.29) is 12.3 Å². The number of methoxy groups -OCH3 is 1. The largest absolute Gasteiger partial charge is 0.497 e. The van der Waals surface area contributed by atoms with Gasteiger partial charge in [-0.15, -0.1) is 11.6 Å². The standard InChI is InChI=1S/C24H25ClN2O4/c1-4-31-24(29)22-21(26-23(28)16(2)25)20(18-10-12-19(30-3)13-11-18)15-27(22)14-17-8-6-5-7-9-17/h5-13,15-16H,4,14H2,1-3H3,(H,26,28)/t16-/m0/s1. The summed E-state index contributed by atoms with van der Waals surface area (Å²) in [4.78, 5) is 25.4. The van der Waals surface area contributed by atoms with Crippen molar-refractivity contribution in [3.63, 3.8) is 0 Å². The average molecular weight is 441 g/mol. The molecule has 7 heteroatoms. The van der Waals surface area contributed by atoms with Gasteiger partial charge in [-0.1, -0.05) is 42.5 Å². The predicted octanol–water partition coefficient (Wildman–Crippen LogP) is 4.95. The molecule has 1 heterocycles. The van der Waals surface area contributed by atoms with Crippen LogP contribution in [-0.4, -0.2) is 35.5 Å². The van der Waals surface area contributed by atoms with Crippen LogP contribution in [0.4, 0.5) is 5.69 Å². The van der Waals surface area contributed by atoms with E-state index in [1.807, 2.05) is 60.8 Å². The molecule has 1 atom stereocenters. The molecule has 1 aromatic heterocycles. The topological polar surface area (TPSA) is 69.6 Å². The summed E-state index contributed by atoms with van der Waals surface area (Å²) in [6.45, 7) is 3.97. The number of benzene rings is 2. The van der Waals surface area contributed by atoms with Crippen LogP contribution < -0.4 is 10.1 Å². The van der Waals surface area contributed by atoms with Gasteiger partial charge in [-0.3, -0.25) is 4.79 Å². The Balaban J connectivity index is 2.17. The lowest BCUT2D eigenvalue weighted by molar-refractivity contribution is -0.115. The molecule has 1 amide bonds. The Hall–Kier alpha value is -3.25. The number of esters is 1. The van der Waals surface area contributed by atoms with Gasteiger partial charge in [0.25, 0.3) is 0 Å². The molecule has 0 aliphatic rings. The van der Waals surface area contributed by atoms with Crippen molar-refractivity contribution in [1.82, 2.24) is 4.57 Å². The average Bonchev–Trinajstić information content (AvgIpc) is 3.12. The number of anilines is 1. The minimum Gasteiger partial charge on any atom is -0.497 e. The van der Waals surface area contributed by atoms with Gasteiger partial charge in [0, 0.05) is 18.3 Å². The summed E-state index contributed by atoms with van der Waals surface area (Å²) in [6.07, 6.45) is 1.84. The maximum absolute atomic E-state index is 12.9. The normalized spacial score (nSPS) is 11.6. The van der Waals surface area contributed by atoms with E-state index in [9.17, 15) is 9.59 Å². The van der Waals surface area contributed by atoms with Crippen LogP contribution in [-0.2, 0) is 16.1 Å². The van der Waals surface area contributed by atoms with Crippen molar-refractivity contribution >= 4 is 29.2 Å². The zero-order chi connectivity index (χ0) is 22.4. The molecule has 31 heavy (non-hydrogen) atoms. The number of aromatic nitrogens is 1. The van der Waals surface area contributed by atoms with Gasteiger partial charge in [0.05, 0.1) is 19.4 Å². The molecule has 0 saturated carbocycles. The van der Waals surface area contributed by atoms with Crippen LogP contribution in [0.15, 0.2) is 60.8 Å². The Kier molecular flexibility index (Phi) is 7.36. The molecule has 0 aliphatic heterocycles. The molecule has 0 aliphatic carbocycles. The first-order chi connectivity index (χ1) is 14.9. The second kappa shape index (κ2) is 10.2. The third kappa shape index (κ3) is 5.27. The Morgan fingerprint density at radius 3 is 2.35 bits per heavy atom. The zero-order valence-electron chi connectivity index (χ0n) is 17.7. The summed E-state index contributed by atoms with van der Waals surface area (Å²) >= 11 is 5.99. The molecule has 0 unspecified atom stereocenters. The maximum atomic E-state index is 12.9. The van der Waals surface area contributed by atoms with E-state index in [4.69, 9.17) is 21.1 Å². The number of alkyl halides is 1. The fourth-order valence-corrected chi connectivity index (χ4v) is 3.27. The Morgan fingerprint density at radius 2 is 1.77 bits per heavy atom. The van der Waals surface area contributed by atoms with Crippen LogP contribution in [0.3, 0.4) is 0 Å². The van der Waals surface area contributed by atoms with Crippen LogP contribution in [0, 0.1) is 0 Å². The number of nitrogens with one attached hydrogen (secondary N) is 1. The third-order valence-corrected chi connectivity index (χ3v) is 4.95. The first kappa shape index (κ1) is 22.4. The number of carbonyl (C=O) groups is 2. The molecule has 0 radical (unpaired) electrons. The number of rotatable bonds is 8. The van der Waals surface area contributed by atoms with E-state index in [1.165, 1.54) is 0 Å². The number of nitrogens with zero attached hydrogens (tertiary/aromatic N) is 1. The number of ether oxygens (including phenoxy) is 2. The summed E-state index contributed by atoms with van der Waals surface area (Å²) in [5.41, 5.74) is 3.15. The smallest absolute Gasteiger partial charge is 0.357 e. The summed E-state index contributed by atoms with van der Waals surface area (Å²) in [5, 5.41) is 2.06. The molecule has 3 aromatic rings. The summed E-state index contributed by atoms with van der Waals surface area (Å²) in [6, 6.07) is 17.1. The molecule has 6 nitrogen and oxygen atoms in total. The van der Waals surface area contributed by atoms with Gasteiger partial charge >= 0.3 is 5.97 Å². The fraction of sp³-hybridized carbons (Fsp3) is 0.250. The fourth-order valence-electron chi connectivity index (χ4n) is 3.22. The Bertz CT molecular complexity index is 1040. The van der Waals surface area contributed by atoms with Gasteiger partial charge in [-0.05, 0) is 37.1 Å². The Morgan fingerprint density at radius 1 is 1.10 bits per heavy atom. The molecule has 0 fully saturated rings. The lowest BCUT2D eigenvalue weighted by Crippen LogP contribution is -2.23. The second-order valence-electron chi connectivity index (χ2n) is 6.93. The first-order valence-electron chi connectivity index (χ1n) is 9.98. The zero-order valence-corrected chi connectivity index (χ0v) is 18.5. The van der Waals surface area contributed by atoms with E-state index in [2.05, 4.69) is 5.32 Å². The van der Waals surface area contributed by atoms with Crippen LogP contribution in [0.5, 0.6) is 5.75 Å². The number of halogens is 1. The maximum Gasteiger partial charge on any atom is 0.357 e. The molecule has 0 saturated heterocycles. The SMILES string of the molecule is CCOC(=O)c1c(NC(=O)[C@H](C)Cl)c(-c2ccc(OC)cc2)cn1Cc1ccccc1. The quantitative estimate of drug-likeness (QED) is 0.397. The molecule has 0 bridgehead atoms. The van der Waals surface area contributed by atoms with Crippen LogP contribution >= 0.6 is 11.6 Å². The molecule has 2 aromatic carbocycles. The van der Waals surface area contributed by atoms with E-state index < -0.39 is 17.3 Å². The van der Waals surface area contributed by atoms with Crippen molar-refractivity contribution in [2.45, 2.75) is 25.8 Å². The lowest BCUT2D eigenvalue weighted by Gasteiger charge is -2.13. The third-order valence-electron chi connectivity index (χ3n) is 4.75. The molecule has 162 valence electrons. The summed E-state index contributed by atoms with van der Waals surface area (Å²) in [5.74, 6) is -0.215. The van der Waals surface area contributed by atoms with E-state index in [0.717, 1.165) is 11.1 Å². The van der Waals surface area contributed by atoms with Gasteiger partial charge < -0.3 is 19.4 Å². The minimum atomic E-state index is -0.767. The number of carbonyl (C=O) groups excluding carboxylic acids is 2. The van der Waals surface area contributed by atoms with Gasteiger partial charge in [-0.25, -0.2) is 4.79 Å².